The fraction of sp³-hybridized carbons (Fsp3) is 0.905. The molecule has 0 spiro atoms. The molecular weight excluding hydrogens is 332 g/mol. The van der Waals surface area contributed by atoms with E-state index in [1.807, 2.05) is 0 Å². The summed E-state index contributed by atoms with van der Waals surface area (Å²) in [6.07, 6.45) is 14.4. The van der Waals surface area contributed by atoms with E-state index in [2.05, 4.69) is 6.92 Å². The second kappa shape index (κ2) is 20.2. The number of carbonyl (C=O) groups is 2. The van der Waals surface area contributed by atoms with E-state index in [0.717, 1.165) is 38.5 Å². The highest BCUT2D eigenvalue weighted by atomic mass is 16.5. The van der Waals surface area contributed by atoms with E-state index in [4.69, 9.17) is 14.6 Å². The maximum atomic E-state index is 11.6. The molecule has 5 heteroatoms. The summed E-state index contributed by atoms with van der Waals surface area (Å²) in [5.74, 6) is -0.465. The number of hydrogen-bond donors (Lipinski definition) is 1. The first kappa shape index (κ1) is 24.9. The van der Waals surface area contributed by atoms with Gasteiger partial charge < -0.3 is 14.6 Å². The molecule has 0 heterocycles. The molecule has 0 unspecified atom stereocenters. The Kier molecular flexibility index (Phi) is 19.4. The maximum Gasteiger partial charge on any atom is 0.305 e. The van der Waals surface area contributed by atoms with E-state index in [-0.39, 0.29) is 31.4 Å². The van der Waals surface area contributed by atoms with Crippen molar-refractivity contribution in [1.29, 1.82) is 0 Å². The third-order valence-corrected chi connectivity index (χ3v) is 4.34. The average molecular weight is 373 g/mol. The number of hydrogen-bond acceptors (Lipinski definition) is 5. The maximum absolute atomic E-state index is 11.6. The zero-order valence-corrected chi connectivity index (χ0v) is 16.8. The lowest BCUT2D eigenvalue weighted by Gasteiger charge is -2.06. The van der Waals surface area contributed by atoms with Crippen LogP contribution in [0.3, 0.4) is 0 Å². The Morgan fingerprint density at radius 1 is 0.615 bits per heavy atom. The van der Waals surface area contributed by atoms with Gasteiger partial charge in [-0.2, -0.15) is 0 Å². The summed E-state index contributed by atoms with van der Waals surface area (Å²) in [7, 11) is 0. The van der Waals surface area contributed by atoms with Crippen molar-refractivity contribution in [2.45, 2.75) is 103 Å². The first-order valence-electron chi connectivity index (χ1n) is 10.6. The molecule has 1 N–H and O–H groups in total. The SMILES string of the molecule is CCCCCCCCCCOC(=O)CCCC(=O)OCCCCCCO. The Balaban J connectivity index is 3.31. The molecule has 0 amide bonds. The van der Waals surface area contributed by atoms with Gasteiger partial charge in [0.05, 0.1) is 13.2 Å². The first-order valence-corrected chi connectivity index (χ1v) is 10.6. The molecule has 0 aliphatic carbocycles. The molecule has 0 aromatic rings. The molecule has 26 heavy (non-hydrogen) atoms. The highest BCUT2D eigenvalue weighted by Gasteiger charge is 2.07. The van der Waals surface area contributed by atoms with Crippen molar-refractivity contribution < 1.29 is 24.2 Å². The second-order valence-electron chi connectivity index (χ2n) is 6.91. The third kappa shape index (κ3) is 19.2. The van der Waals surface area contributed by atoms with Crippen LogP contribution in [0.2, 0.25) is 0 Å². The molecule has 154 valence electrons. The largest absolute Gasteiger partial charge is 0.466 e. The van der Waals surface area contributed by atoms with Gasteiger partial charge >= 0.3 is 11.9 Å². The van der Waals surface area contributed by atoms with Gasteiger partial charge in [-0.15, -0.1) is 0 Å². The molecule has 0 aromatic carbocycles. The number of esters is 2. The van der Waals surface area contributed by atoms with Gasteiger partial charge in [-0.05, 0) is 32.1 Å². The van der Waals surface area contributed by atoms with Crippen molar-refractivity contribution in [3.05, 3.63) is 0 Å². The summed E-state index contributed by atoms with van der Waals surface area (Å²) in [4.78, 5) is 23.1. The summed E-state index contributed by atoms with van der Waals surface area (Å²) >= 11 is 0. The van der Waals surface area contributed by atoms with E-state index in [1.54, 1.807) is 0 Å². The highest BCUT2D eigenvalue weighted by molar-refractivity contribution is 5.72. The quantitative estimate of drug-likeness (QED) is 0.257. The normalized spacial score (nSPS) is 10.7. The van der Waals surface area contributed by atoms with Crippen LogP contribution in [0.5, 0.6) is 0 Å². The van der Waals surface area contributed by atoms with Gasteiger partial charge in [-0.1, -0.05) is 58.3 Å². The van der Waals surface area contributed by atoms with Crippen LogP contribution < -0.4 is 0 Å². The van der Waals surface area contributed by atoms with Crippen molar-refractivity contribution in [3.63, 3.8) is 0 Å². The first-order chi connectivity index (χ1) is 12.7. The predicted octanol–water partition coefficient (Wildman–Crippen LogP) is 4.94. The van der Waals surface area contributed by atoms with Crippen molar-refractivity contribution in [2.24, 2.45) is 0 Å². The molecule has 0 rings (SSSR count). The zero-order chi connectivity index (χ0) is 19.3. The molecule has 0 aliphatic heterocycles. The van der Waals surface area contributed by atoms with E-state index in [1.165, 1.54) is 38.5 Å². The lowest BCUT2D eigenvalue weighted by molar-refractivity contribution is -0.145. The molecule has 0 atom stereocenters. The molecular formula is C21H40O5. The van der Waals surface area contributed by atoms with Gasteiger partial charge in [-0.25, -0.2) is 0 Å². The van der Waals surface area contributed by atoms with E-state index < -0.39 is 0 Å². The molecule has 5 nitrogen and oxygen atoms in total. The highest BCUT2D eigenvalue weighted by Crippen LogP contribution is 2.09. The summed E-state index contributed by atoms with van der Waals surface area (Å²) in [6.45, 7) is 3.36. The average Bonchev–Trinajstić information content (AvgIpc) is 2.63. The van der Waals surface area contributed by atoms with E-state index in [0.29, 0.717) is 19.6 Å². The number of carbonyl (C=O) groups excluding carboxylic acids is 2. The van der Waals surface area contributed by atoms with Gasteiger partial charge in [0.25, 0.3) is 0 Å². The molecule has 0 saturated heterocycles. The molecule has 0 bridgehead atoms. The minimum atomic E-state index is -0.247. The Hall–Kier alpha value is -1.10. The number of rotatable bonds is 19. The second-order valence-corrected chi connectivity index (χ2v) is 6.91. The summed E-state index contributed by atoms with van der Waals surface area (Å²) in [5, 5.41) is 8.66. The Morgan fingerprint density at radius 3 is 1.50 bits per heavy atom. The lowest BCUT2D eigenvalue weighted by Crippen LogP contribution is -2.09. The van der Waals surface area contributed by atoms with Crippen LogP contribution in [-0.4, -0.2) is 36.9 Å². The number of aliphatic hydroxyl groups is 1. The van der Waals surface area contributed by atoms with Gasteiger partial charge in [0, 0.05) is 19.4 Å². The molecule has 0 saturated carbocycles. The number of unbranched alkanes of at least 4 members (excludes halogenated alkanes) is 10. The predicted molar refractivity (Wildman–Crippen MR) is 104 cm³/mol. The van der Waals surface area contributed by atoms with E-state index in [9.17, 15) is 9.59 Å². The Morgan fingerprint density at radius 2 is 1.04 bits per heavy atom. The van der Waals surface area contributed by atoms with Crippen molar-refractivity contribution in [2.75, 3.05) is 19.8 Å². The third-order valence-electron chi connectivity index (χ3n) is 4.34. The van der Waals surface area contributed by atoms with Gasteiger partial charge in [0.2, 0.25) is 0 Å². The number of aliphatic hydroxyl groups excluding tert-OH is 1. The van der Waals surface area contributed by atoms with Crippen LogP contribution in [0.1, 0.15) is 103 Å². The van der Waals surface area contributed by atoms with Crippen LogP contribution >= 0.6 is 0 Å². The van der Waals surface area contributed by atoms with Crippen LogP contribution in [-0.2, 0) is 19.1 Å². The molecule has 0 aliphatic rings. The van der Waals surface area contributed by atoms with Gasteiger partial charge in [0.1, 0.15) is 0 Å². The molecule has 0 radical (unpaired) electrons. The van der Waals surface area contributed by atoms with Gasteiger partial charge in [-0.3, -0.25) is 9.59 Å². The van der Waals surface area contributed by atoms with Crippen molar-refractivity contribution in [1.82, 2.24) is 0 Å². The monoisotopic (exact) mass is 372 g/mol. The topological polar surface area (TPSA) is 72.8 Å². The minimum Gasteiger partial charge on any atom is -0.466 e. The summed E-state index contributed by atoms with van der Waals surface area (Å²) < 4.78 is 10.3. The van der Waals surface area contributed by atoms with Crippen molar-refractivity contribution in [3.8, 4) is 0 Å². The van der Waals surface area contributed by atoms with Crippen LogP contribution in [0.25, 0.3) is 0 Å². The summed E-state index contributed by atoms with van der Waals surface area (Å²) in [6, 6.07) is 0. The van der Waals surface area contributed by atoms with Crippen LogP contribution in [0.4, 0.5) is 0 Å². The molecule has 0 fully saturated rings. The van der Waals surface area contributed by atoms with Crippen LogP contribution in [0, 0.1) is 0 Å². The fourth-order valence-corrected chi connectivity index (χ4v) is 2.70. The Bertz CT molecular complexity index is 330. The van der Waals surface area contributed by atoms with Gasteiger partial charge in [0.15, 0.2) is 0 Å². The standard InChI is InChI=1S/C21H40O5/c1-2-3-4-5-6-7-9-12-18-25-20(23)15-14-16-21(24)26-19-13-10-8-11-17-22/h22H,2-19H2,1H3. The van der Waals surface area contributed by atoms with E-state index >= 15 is 0 Å². The molecule has 0 aromatic heterocycles. The number of ether oxygens (including phenoxy) is 2. The smallest absolute Gasteiger partial charge is 0.305 e. The van der Waals surface area contributed by atoms with Crippen molar-refractivity contribution >= 4 is 11.9 Å². The lowest BCUT2D eigenvalue weighted by atomic mass is 10.1. The zero-order valence-electron chi connectivity index (χ0n) is 16.8. The van der Waals surface area contributed by atoms with Crippen LogP contribution in [0.15, 0.2) is 0 Å². The fourth-order valence-electron chi connectivity index (χ4n) is 2.70. The summed E-state index contributed by atoms with van der Waals surface area (Å²) in [5.41, 5.74) is 0. The minimum absolute atomic E-state index is 0.217. The Labute approximate surface area is 159 Å².